The third-order valence-corrected chi connectivity index (χ3v) is 7.25. The number of thiazole rings is 1. The minimum Gasteiger partial charge on any atom is -0.330 e. The van der Waals surface area contributed by atoms with E-state index in [1.807, 2.05) is 13.8 Å². The predicted molar refractivity (Wildman–Crippen MR) is 114 cm³/mol. The predicted octanol–water partition coefficient (Wildman–Crippen LogP) is 3.25. The molecule has 166 valence electrons. The van der Waals surface area contributed by atoms with Crippen molar-refractivity contribution in [2.45, 2.75) is 77.7 Å². The third kappa shape index (κ3) is 5.18. The molecule has 0 radical (unpaired) electrons. The molecule has 1 aromatic heterocycles. The monoisotopic (exact) mass is 436 g/mol. The fourth-order valence-electron chi connectivity index (χ4n) is 4.88. The standard InChI is InChI=1S/C21H32N4O4S/c1-3-4-7-15(10-17(26)24-29)19(28)25-13-21(8-5-6-9-21)11-16(25)18(27)23-20-22-12-14(2)30-20/h12,15-16,29H,3-11,13H2,1-2H3,(H,24,26)(H,22,23,27)/t15?,16-/m0/s1. The summed E-state index contributed by atoms with van der Waals surface area (Å²) in [6.45, 7) is 4.52. The summed E-state index contributed by atoms with van der Waals surface area (Å²) in [5.74, 6) is -1.47. The van der Waals surface area contributed by atoms with E-state index in [1.54, 1.807) is 16.6 Å². The van der Waals surface area contributed by atoms with Crippen LogP contribution in [-0.2, 0) is 14.4 Å². The van der Waals surface area contributed by atoms with E-state index in [4.69, 9.17) is 5.21 Å². The molecule has 2 aliphatic rings. The lowest BCUT2D eigenvalue weighted by Crippen LogP contribution is -2.46. The fourth-order valence-corrected chi connectivity index (χ4v) is 5.55. The highest BCUT2D eigenvalue weighted by molar-refractivity contribution is 7.15. The Morgan fingerprint density at radius 2 is 2.10 bits per heavy atom. The molecule has 1 aliphatic heterocycles. The molecular formula is C21H32N4O4S. The second-order valence-corrected chi connectivity index (χ2v) is 9.97. The van der Waals surface area contributed by atoms with Gasteiger partial charge in [-0.3, -0.25) is 19.6 Å². The lowest BCUT2D eigenvalue weighted by molar-refractivity contribution is -0.143. The van der Waals surface area contributed by atoms with Crippen LogP contribution in [0.25, 0.3) is 0 Å². The Morgan fingerprint density at radius 1 is 1.37 bits per heavy atom. The van der Waals surface area contributed by atoms with Gasteiger partial charge in [0.05, 0.1) is 0 Å². The Labute approximate surface area is 181 Å². The molecule has 8 nitrogen and oxygen atoms in total. The van der Waals surface area contributed by atoms with Gasteiger partial charge in [-0.25, -0.2) is 10.5 Å². The van der Waals surface area contributed by atoms with Crippen LogP contribution in [0.4, 0.5) is 5.13 Å². The first-order chi connectivity index (χ1) is 14.4. The molecule has 1 aliphatic carbocycles. The number of likely N-dealkylation sites (tertiary alicyclic amines) is 1. The first-order valence-corrected chi connectivity index (χ1v) is 11.7. The van der Waals surface area contributed by atoms with Gasteiger partial charge < -0.3 is 10.2 Å². The summed E-state index contributed by atoms with van der Waals surface area (Å²) >= 11 is 1.41. The van der Waals surface area contributed by atoms with Crippen molar-refractivity contribution in [3.63, 3.8) is 0 Å². The minimum atomic E-state index is -0.571. The first kappa shape index (κ1) is 22.7. The van der Waals surface area contributed by atoms with E-state index in [0.29, 0.717) is 24.5 Å². The summed E-state index contributed by atoms with van der Waals surface area (Å²) in [6.07, 6.45) is 8.85. The average molecular weight is 437 g/mol. The quantitative estimate of drug-likeness (QED) is 0.428. The molecular weight excluding hydrogens is 404 g/mol. The molecule has 3 amide bonds. The summed E-state index contributed by atoms with van der Waals surface area (Å²) in [7, 11) is 0. The van der Waals surface area contributed by atoms with Crippen LogP contribution in [0.5, 0.6) is 0 Å². The van der Waals surface area contributed by atoms with Gasteiger partial charge in [-0.05, 0) is 38.0 Å². The van der Waals surface area contributed by atoms with Crippen LogP contribution in [0, 0.1) is 18.3 Å². The van der Waals surface area contributed by atoms with Gasteiger partial charge >= 0.3 is 0 Å². The number of hydroxylamine groups is 1. The molecule has 1 spiro atoms. The average Bonchev–Trinajstić information content (AvgIpc) is 3.45. The summed E-state index contributed by atoms with van der Waals surface area (Å²) in [4.78, 5) is 45.3. The zero-order chi connectivity index (χ0) is 21.7. The number of anilines is 1. The van der Waals surface area contributed by atoms with Crippen molar-refractivity contribution >= 4 is 34.2 Å². The number of nitrogens with zero attached hydrogens (tertiary/aromatic N) is 2. The molecule has 2 heterocycles. The van der Waals surface area contributed by atoms with Gasteiger partial charge in [0.15, 0.2) is 5.13 Å². The molecule has 0 bridgehead atoms. The van der Waals surface area contributed by atoms with Gasteiger partial charge in [-0.15, -0.1) is 11.3 Å². The van der Waals surface area contributed by atoms with Crippen LogP contribution in [0.2, 0.25) is 0 Å². The van der Waals surface area contributed by atoms with Crippen LogP contribution < -0.4 is 10.8 Å². The van der Waals surface area contributed by atoms with E-state index in [0.717, 1.165) is 43.4 Å². The summed E-state index contributed by atoms with van der Waals surface area (Å²) in [5.41, 5.74) is 1.63. The van der Waals surface area contributed by atoms with Gasteiger partial charge in [0.1, 0.15) is 6.04 Å². The Morgan fingerprint density at radius 3 is 2.70 bits per heavy atom. The number of hydrogen-bond donors (Lipinski definition) is 3. The highest BCUT2D eigenvalue weighted by atomic mass is 32.1. The molecule has 9 heteroatoms. The molecule has 0 aromatic carbocycles. The Kier molecular flexibility index (Phi) is 7.46. The van der Waals surface area contributed by atoms with E-state index >= 15 is 0 Å². The number of hydrogen-bond acceptors (Lipinski definition) is 6. The Bertz CT molecular complexity index is 775. The van der Waals surface area contributed by atoms with Gasteiger partial charge in [-0.2, -0.15) is 0 Å². The summed E-state index contributed by atoms with van der Waals surface area (Å²) in [6, 6.07) is -0.555. The van der Waals surface area contributed by atoms with E-state index in [9.17, 15) is 14.4 Å². The molecule has 1 unspecified atom stereocenters. The smallest absolute Gasteiger partial charge is 0.248 e. The summed E-state index contributed by atoms with van der Waals surface area (Å²) < 4.78 is 0. The lowest BCUT2D eigenvalue weighted by atomic mass is 9.84. The number of nitrogens with one attached hydrogen (secondary N) is 2. The summed E-state index contributed by atoms with van der Waals surface area (Å²) in [5, 5.41) is 12.4. The van der Waals surface area contributed by atoms with Crippen LogP contribution >= 0.6 is 11.3 Å². The van der Waals surface area contributed by atoms with Crippen molar-refractivity contribution in [2.75, 3.05) is 11.9 Å². The van der Waals surface area contributed by atoms with Gasteiger partial charge in [0.25, 0.3) is 0 Å². The maximum atomic E-state index is 13.5. The normalized spacial score (nSPS) is 21.0. The number of aromatic nitrogens is 1. The van der Waals surface area contributed by atoms with E-state index < -0.39 is 17.9 Å². The number of carbonyl (C=O) groups excluding carboxylic acids is 3. The van der Waals surface area contributed by atoms with Crippen LogP contribution in [0.1, 0.15) is 69.6 Å². The van der Waals surface area contributed by atoms with E-state index in [-0.39, 0.29) is 23.7 Å². The number of aryl methyl sites for hydroxylation is 1. The molecule has 3 rings (SSSR count). The van der Waals surface area contributed by atoms with E-state index in [2.05, 4.69) is 10.3 Å². The maximum Gasteiger partial charge on any atom is 0.248 e. The van der Waals surface area contributed by atoms with Crippen molar-refractivity contribution in [1.82, 2.24) is 15.4 Å². The van der Waals surface area contributed by atoms with Crippen LogP contribution in [0.3, 0.4) is 0 Å². The highest BCUT2D eigenvalue weighted by Gasteiger charge is 2.50. The van der Waals surface area contributed by atoms with Crippen LogP contribution in [0.15, 0.2) is 6.20 Å². The molecule has 30 heavy (non-hydrogen) atoms. The van der Waals surface area contributed by atoms with Gasteiger partial charge in [0.2, 0.25) is 17.7 Å². The molecule has 2 atom stereocenters. The zero-order valence-electron chi connectivity index (χ0n) is 17.8. The first-order valence-electron chi connectivity index (χ1n) is 10.8. The number of carbonyl (C=O) groups is 3. The van der Waals surface area contributed by atoms with Gasteiger partial charge in [-0.1, -0.05) is 32.6 Å². The number of unbranched alkanes of at least 4 members (excludes halogenated alkanes) is 1. The number of amides is 3. The third-order valence-electron chi connectivity index (χ3n) is 6.42. The van der Waals surface area contributed by atoms with Crippen molar-refractivity contribution in [1.29, 1.82) is 0 Å². The molecule has 1 saturated carbocycles. The fraction of sp³-hybridized carbons (Fsp3) is 0.714. The van der Waals surface area contributed by atoms with Crippen LogP contribution in [-0.4, -0.2) is 45.4 Å². The largest absolute Gasteiger partial charge is 0.330 e. The SMILES string of the molecule is CCCCC(CC(=O)NO)C(=O)N1CC2(CCCC2)C[C@H]1C(=O)Nc1ncc(C)s1. The van der Waals surface area contributed by atoms with Gasteiger partial charge in [0, 0.05) is 30.0 Å². The highest BCUT2D eigenvalue weighted by Crippen LogP contribution is 2.48. The number of rotatable bonds is 8. The second kappa shape index (κ2) is 9.87. The molecule has 3 N–H and O–H groups in total. The lowest BCUT2D eigenvalue weighted by Gasteiger charge is -2.28. The van der Waals surface area contributed by atoms with Crippen molar-refractivity contribution < 1.29 is 19.6 Å². The molecule has 2 fully saturated rings. The van der Waals surface area contributed by atoms with E-state index in [1.165, 1.54) is 11.3 Å². The van der Waals surface area contributed by atoms with Crippen molar-refractivity contribution in [2.24, 2.45) is 11.3 Å². The van der Waals surface area contributed by atoms with Crippen molar-refractivity contribution in [3.8, 4) is 0 Å². The zero-order valence-corrected chi connectivity index (χ0v) is 18.6. The second-order valence-electron chi connectivity index (χ2n) is 8.74. The van der Waals surface area contributed by atoms with Crippen molar-refractivity contribution in [3.05, 3.63) is 11.1 Å². The Hall–Kier alpha value is -2.00. The minimum absolute atomic E-state index is 0.00892. The Balaban J connectivity index is 1.80. The molecule has 1 aromatic rings. The maximum absolute atomic E-state index is 13.5. The topological polar surface area (TPSA) is 112 Å². The molecule has 1 saturated heterocycles.